The molecule has 7 nitrogen and oxygen atoms in total. The van der Waals surface area contributed by atoms with E-state index in [1.807, 2.05) is 0 Å². The minimum atomic E-state index is -0.518. The van der Waals surface area contributed by atoms with Gasteiger partial charge in [-0.3, -0.25) is 19.7 Å². The number of nitrogens with zero attached hydrogens (tertiary/aromatic N) is 1. The molecule has 0 spiro atoms. The lowest BCUT2D eigenvalue weighted by Crippen LogP contribution is -2.44. The molecule has 0 saturated heterocycles. The first kappa shape index (κ1) is 15.9. The summed E-state index contributed by atoms with van der Waals surface area (Å²) < 4.78 is 0. The highest BCUT2D eigenvalue weighted by molar-refractivity contribution is 5.95. The fourth-order valence-electron chi connectivity index (χ4n) is 2.81. The molecule has 1 aromatic carbocycles. The van der Waals surface area contributed by atoms with E-state index in [9.17, 15) is 19.7 Å². The van der Waals surface area contributed by atoms with Crippen molar-refractivity contribution in [2.45, 2.75) is 38.1 Å². The summed E-state index contributed by atoms with van der Waals surface area (Å²) >= 11 is 0. The van der Waals surface area contributed by atoms with Crippen LogP contribution in [0.15, 0.2) is 24.3 Å². The minimum absolute atomic E-state index is 0.0685. The number of nitrogens with two attached hydrogens (primary N) is 1. The third kappa shape index (κ3) is 3.81. The molecular formula is C15H19N3O4. The first-order chi connectivity index (χ1) is 10.5. The van der Waals surface area contributed by atoms with Crippen LogP contribution in [0.25, 0.3) is 0 Å². The normalized spacial score (nSPS) is 21.6. The van der Waals surface area contributed by atoms with Crippen molar-refractivity contribution in [1.82, 2.24) is 5.32 Å². The molecule has 1 aliphatic carbocycles. The second kappa shape index (κ2) is 7.02. The highest BCUT2D eigenvalue weighted by Crippen LogP contribution is 2.24. The zero-order valence-electron chi connectivity index (χ0n) is 12.2. The Morgan fingerprint density at radius 3 is 2.36 bits per heavy atom. The molecule has 1 aliphatic rings. The SMILES string of the molecule is NC(=O)[C@H]1CCCCC[C@H]1NC(=O)c1ccc([N+](=O)[O-])cc1. The summed E-state index contributed by atoms with van der Waals surface area (Å²) in [5, 5.41) is 13.5. The van der Waals surface area contributed by atoms with Gasteiger partial charge in [0.15, 0.2) is 0 Å². The predicted octanol–water partition coefficient (Wildman–Crippen LogP) is 1.76. The molecule has 7 heteroatoms. The maximum absolute atomic E-state index is 12.2. The summed E-state index contributed by atoms with van der Waals surface area (Å²) in [5.74, 6) is -1.09. The van der Waals surface area contributed by atoms with Crippen LogP contribution in [0.4, 0.5) is 5.69 Å². The van der Waals surface area contributed by atoms with Crippen LogP contribution in [-0.2, 0) is 4.79 Å². The summed E-state index contributed by atoms with van der Waals surface area (Å²) in [6.07, 6.45) is 4.28. The molecule has 1 saturated carbocycles. The number of nitro groups is 1. The van der Waals surface area contributed by atoms with Crippen molar-refractivity contribution in [3.05, 3.63) is 39.9 Å². The van der Waals surface area contributed by atoms with Crippen LogP contribution in [0.5, 0.6) is 0 Å². The van der Waals surface area contributed by atoms with Gasteiger partial charge in [-0.25, -0.2) is 0 Å². The lowest BCUT2D eigenvalue weighted by atomic mass is 9.94. The minimum Gasteiger partial charge on any atom is -0.369 e. The second-order valence-electron chi connectivity index (χ2n) is 5.53. The molecule has 0 radical (unpaired) electrons. The molecule has 2 rings (SSSR count). The molecule has 3 N–H and O–H groups in total. The first-order valence-electron chi connectivity index (χ1n) is 7.33. The van der Waals surface area contributed by atoms with Gasteiger partial charge in [0.1, 0.15) is 0 Å². The van der Waals surface area contributed by atoms with Gasteiger partial charge in [-0.05, 0) is 25.0 Å². The summed E-state index contributed by atoms with van der Waals surface area (Å²) in [6.45, 7) is 0. The monoisotopic (exact) mass is 305 g/mol. The number of nitro benzene ring substituents is 1. The molecule has 0 unspecified atom stereocenters. The van der Waals surface area contributed by atoms with Crippen LogP contribution >= 0.6 is 0 Å². The smallest absolute Gasteiger partial charge is 0.269 e. The van der Waals surface area contributed by atoms with E-state index in [1.165, 1.54) is 24.3 Å². The van der Waals surface area contributed by atoms with E-state index in [0.29, 0.717) is 18.4 Å². The van der Waals surface area contributed by atoms with Crippen molar-refractivity contribution in [1.29, 1.82) is 0 Å². The third-order valence-electron chi connectivity index (χ3n) is 4.04. The Morgan fingerprint density at radius 2 is 1.77 bits per heavy atom. The highest BCUT2D eigenvalue weighted by atomic mass is 16.6. The summed E-state index contributed by atoms with van der Waals surface area (Å²) in [4.78, 5) is 33.9. The Bertz CT molecular complexity index is 571. The lowest BCUT2D eigenvalue weighted by molar-refractivity contribution is -0.384. The Kier molecular flexibility index (Phi) is 5.08. The number of hydrogen-bond donors (Lipinski definition) is 2. The Hall–Kier alpha value is -2.44. The summed E-state index contributed by atoms with van der Waals surface area (Å²) in [5.41, 5.74) is 5.69. The van der Waals surface area contributed by atoms with E-state index in [4.69, 9.17) is 5.73 Å². The predicted molar refractivity (Wildman–Crippen MR) is 80.1 cm³/mol. The van der Waals surface area contributed by atoms with Gasteiger partial charge in [-0.2, -0.15) is 0 Å². The Morgan fingerprint density at radius 1 is 1.14 bits per heavy atom. The number of hydrogen-bond acceptors (Lipinski definition) is 4. The van der Waals surface area contributed by atoms with Gasteiger partial charge in [-0.15, -0.1) is 0 Å². The number of carbonyl (C=O) groups is 2. The van der Waals surface area contributed by atoms with E-state index in [0.717, 1.165) is 19.3 Å². The Balaban J connectivity index is 2.08. The molecule has 2 amide bonds. The molecule has 22 heavy (non-hydrogen) atoms. The molecule has 0 aromatic heterocycles. The van der Waals surface area contributed by atoms with Gasteiger partial charge in [-0.1, -0.05) is 19.3 Å². The summed E-state index contributed by atoms with van der Waals surface area (Å²) in [6, 6.07) is 5.11. The van der Waals surface area contributed by atoms with Gasteiger partial charge < -0.3 is 11.1 Å². The molecule has 1 fully saturated rings. The number of amides is 2. The van der Waals surface area contributed by atoms with Crippen molar-refractivity contribution in [2.75, 3.05) is 0 Å². The average Bonchev–Trinajstić information content (AvgIpc) is 2.72. The zero-order chi connectivity index (χ0) is 16.1. The van der Waals surface area contributed by atoms with Crippen molar-refractivity contribution >= 4 is 17.5 Å². The quantitative estimate of drug-likeness (QED) is 0.501. The average molecular weight is 305 g/mol. The number of carbonyl (C=O) groups excluding carboxylic acids is 2. The maximum Gasteiger partial charge on any atom is 0.269 e. The van der Waals surface area contributed by atoms with Crippen molar-refractivity contribution in [3.63, 3.8) is 0 Å². The van der Waals surface area contributed by atoms with Gasteiger partial charge >= 0.3 is 0 Å². The largest absolute Gasteiger partial charge is 0.369 e. The molecule has 0 bridgehead atoms. The standard InChI is InChI=1S/C15H19N3O4/c16-14(19)12-4-2-1-3-5-13(12)17-15(20)10-6-8-11(9-7-10)18(21)22/h6-9,12-13H,1-5H2,(H2,16,19)(H,17,20)/t12-,13+/m0/s1. The van der Waals surface area contributed by atoms with Crippen LogP contribution in [0.2, 0.25) is 0 Å². The van der Waals surface area contributed by atoms with E-state index >= 15 is 0 Å². The van der Waals surface area contributed by atoms with Gasteiger partial charge in [0.2, 0.25) is 5.91 Å². The third-order valence-corrected chi connectivity index (χ3v) is 4.04. The molecule has 0 heterocycles. The van der Waals surface area contributed by atoms with Crippen LogP contribution in [0, 0.1) is 16.0 Å². The van der Waals surface area contributed by atoms with Crippen molar-refractivity contribution < 1.29 is 14.5 Å². The maximum atomic E-state index is 12.2. The zero-order valence-corrected chi connectivity index (χ0v) is 12.2. The molecule has 0 aliphatic heterocycles. The molecule has 118 valence electrons. The van der Waals surface area contributed by atoms with Crippen LogP contribution in [0.1, 0.15) is 42.5 Å². The van der Waals surface area contributed by atoms with Crippen LogP contribution in [0.3, 0.4) is 0 Å². The molecular weight excluding hydrogens is 286 g/mol. The number of rotatable bonds is 4. The highest BCUT2D eigenvalue weighted by Gasteiger charge is 2.29. The molecule has 2 atom stereocenters. The summed E-state index contributed by atoms with van der Waals surface area (Å²) in [7, 11) is 0. The fourth-order valence-corrected chi connectivity index (χ4v) is 2.81. The van der Waals surface area contributed by atoms with Gasteiger partial charge in [0.25, 0.3) is 11.6 Å². The number of nitrogens with one attached hydrogen (secondary N) is 1. The topological polar surface area (TPSA) is 115 Å². The first-order valence-corrected chi connectivity index (χ1v) is 7.33. The van der Waals surface area contributed by atoms with Crippen LogP contribution in [-0.4, -0.2) is 22.8 Å². The van der Waals surface area contributed by atoms with E-state index in [-0.39, 0.29) is 23.6 Å². The van der Waals surface area contributed by atoms with E-state index < -0.39 is 10.8 Å². The van der Waals surface area contributed by atoms with E-state index in [1.54, 1.807) is 0 Å². The lowest BCUT2D eigenvalue weighted by Gasteiger charge is -2.23. The van der Waals surface area contributed by atoms with Gasteiger partial charge in [0, 0.05) is 23.7 Å². The van der Waals surface area contributed by atoms with Gasteiger partial charge in [0.05, 0.1) is 10.8 Å². The van der Waals surface area contributed by atoms with E-state index in [2.05, 4.69) is 5.32 Å². The van der Waals surface area contributed by atoms with Crippen molar-refractivity contribution in [2.24, 2.45) is 11.7 Å². The van der Waals surface area contributed by atoms with Crippen LogP contribution < -0.4 is 11.1 Å². The molecule has 1 aromatic rings. The number of benzene rings is 1. The second-order valence-corrected chi connectivity index (χ2v) is 5.53. The number of non-ortho nitro benzene ring substituents is 1. The Labute approximate surface area is 128 Å². The number of primary amides is 1. The fraction of sp³-hybridized carbons (Fsp3) is 0.467. The van der Waals surface area contributed by atoms with Crippen molar-refractivity contribution in [3.8, 4) is 0 Å².